The Bertz CT molecular complexity index is 654. The second-order valence-corrected chi connectivity index (χ2v) is 8.07. The molecule has 1 aromatic rings. The molecule has 6 nitrogen and oxygen atoms in total. The molecule has 1 aliphatic carbocycles. The fraction of sp³-hybridized carbons (Fsp3) is 0.562. The van der Waals surface area contributed by atoms with Crippen LogP contribution in [0.2, 0.25) is 0 Å². The molecule has 2 N–H and O–H groups in total. The summed E-state index contributed by atoms with van der Waals surface area (Å²) in [6.07, 6.45) is 1.64. The molecule has 2 rings (SSSR count). The van der Waals surface area contributed by atoms with Crippen molar-refractivity contribution in [2.75, 3.05) is 24.2 Å². The van der Waals surface area contributed by atoms with Crippen LogP contribution in [0.15, 0.2) is 29.2 Å². The van der Waals surface area contributed by atoms with Crippen LogP contribution in [0.3, 0.4) is 0 Å². The number of nitrogens with zero attached hydrogens (tertiary/aromatic N) is 1. The van der Waals surface area contributed by atoms with Crippen molar-refractivity contribution in [2.24, 2.45) is 0 Å². The molecular formula is C16H24N2O4S. The van der Waals surface area contributed by atoms with Crippen LogP contribution in [0, 0.1) is 0 Å². The molecule has 1 fully saturated rings. The third-order valence-corrected chi connectivity index (χ3v) is 6.12. The van der Waals surface area contributed by atoms with E-state index in [-0.39, 0.29) is 24.4 Å². The molecule has 1 aliphatic rings. The second kappa shape index (κ2) is 7.31. The largest absolute Gasteiger partial charge is 0.480 e. The Balaban J connectivity index is 2.00. The molecule has 1 saturated carbocycles. The summed E-state index contributed by atoms with van der Waals surface area (Å²) in [7, 11) is -3.26. The Morgan fingerprint density at radius 3 is 2.52 bits per heavy atom. The lowest BCUT2D eigenvalue weighted by atomic mass is 9.85. The number of sulfone groups is 1. The van der Waals surface area contributed by atoms with Gasteiger partial charge in [-0.2, -0.15) is 0 Å². The first-order chi connectivity index (χ1) is 10.9. The molecule has 0 bridgehead atoms. The smallest absolute Gasteiger partial charge is 0.317 e. The SMILES string of the molecule is CCN(CC(=O)O)C1CC(Nc2ccccc2S(=O)(=O)CC)C1. The van der Waals surface area contributed by atoms with Crippen LogP contribution in [0.4, 0.5) is 5.69 Å². The zero-order chi connectivity index (χ0) is 17.0. The molecule has 23 heavy (non-hydrogen) atoms. The summed E-state index contributed by atoms with van der Waals surface area (Å²) >= 11 is 0. The molecule has 0 atom stereocenters. The van der Waals surface area contributed by atoms with Crippen molar-refractivity contribution in [3.63, 3.8) is 0 Å². The zero-order valence-electron chi connectivity index (χ0n) is 13.5. The highest BCUT2D eigenvalue weighted by Crippen LogP contribution is 2.31. The van der Waals surface area contributed by atoms with Gasteiger partial charge in [0.15, 0.2) is 9.84 Å². The molecule has 1 aromatic carbocycles. The van der Waals surface area contributed by atoms with E-state index in [9.17, 15) is 13.2 Å². The van der Waals surface area contributed by atoms with Gasteiger partial charge in [-0.25, -0.2) is 8.42 Å². The minimum atomic E-state index is -3.26. The normalized spacial score (nSPS) is 21.0. The van der Waals surface area contributed by atoms with Gasteiger partial charge in [0.1, 0.15) is 0 Å². The Morgan fingerprint density at radius 2 is 1.96 bits per heavy atom. The van der Waals surface area contributed by atoms with Crippen LogP contribution < -0.4 is 5.32 Å². The van der Waals surface area contributed by atoms with E-state index in [2.05, 4.69) is 5.32 Å². The van der Waals surface area contributed by atoms with Gasteiger partial charge >= 0.3 is 5.97 Å². The maximum absolute atomic E-state index is 12.1. The van der Waals surface area contributed by atoms with E-state index in [1.807, 2.05) is 17.9 Å². The highest BCUT2D eigenvalue weighted by atomic mass is 32.2. The fourth-order valence-corrected chi connectivity index (χ4v) is 3.97. The van der Waals surface area contributed by atoms with Gasteiger partial charge in [-0.05, 0) is 31.5 Å². The lowest BCUT2D eigenvalue weighted by Gasteiger charge is -2.42. The van der Waals surface area contributed by atoms with E-state index >= 15 is 0 Å². The number of anilines is 1. The molecular weight excluding hydrogens is 316 g/mol. The van der Waals surface area contributed by atoms with Crippen LogP contribution in [0.1, 0.15) is 26.7 Å². The number of hydrogen-bond donors (Lipinski definition) is 2. The van der Waals surface area contributed by atoms with Crippen LogP contribution >= 0.6 is 0 Å². The van der Waals surface area contributed by atoms with Gasteiger partial charge in [-0.3, -0.25) is 9.69 Å². The average molecular weight is 340 g/mol. The standard InChI is InChI=1S/C16H24N2O4S/c1-3-18(11-16(19)20)13-9-12(10-13)17-14-7-5-6-8-15(14)23(21,22)4-2/h5-8,12-13,17H,3-4,9-11H2,1-2H3,(H,19,20). The Hall–Kier alpha value is -1.60. The number of carbonyl (C=O) groups is 1. The first kappa shape index (κ1) is 17.7. The third-order valence-electron chi connectivity index (χ3n) is 4.34. The quantitative estimate of drug-likeness (QED) is 0.751. The predicted octanol–water partition coefficient (Wildman–Crippen LogP) is 1.83. The Kier molecular flexibility index (Phi) is 5.64. The van der Waals surface area contributed by atoms with Gasteiger partial charge in [0, 0.05) is 12.1 Å². The highest BCUT2D eigenvalue weighted by Gasteiger charge is 2.34. The van der Waals surface area contributed by atoms with Crippen LogP contribution in [-0.2, 0) is 14.6 Å². The lowest BCUT2D eigenvalue weighted by Crippen LogP contribution is -2.51. The summed E-state index contributed by atoms with van der Waals surface area (Å²) in [5.41, 5.74) is 0.638. The summed E-state index contributed by atoms with van der Waals surface area (Å²) in [6, 6.07) is 7.36. The van der Waals surface area contributed by atoms with E-state index in [4.69, 9.17) is 5.11 Å². The van der Waals surface area contributed by atoms with Crippen LogP contribution in [0.25, 0.3) is 0 Å². The van der Waals surface area contributed by atoms with E-state index in [1.54, 1.807) is 25.1 Å². The number of carboxylic acids is 1. The Morgan fingerprint density at radius 1 is 1.30 bits per heavy atom. The molecule has 0 heterocycles. The second-order valence-electron chi connectivity index (χ2n) is 5.82. The maximum Gasteiger partial charge on any atom is 0.317 e. The first-order valence-electron chi connectivity index (χ1n) is 7.91. The fourth-order valence-electron chi connectivity index (χ4n) is 2.91. The number of rotatable bonds is 8. The third kappa shape index (κ3) is 4.23. The summed E-state index contributed by atoms with van der Waals surface area (Å²) in [5, 5.41) is 12.2. The lowest BCUT2D eigenvalue weighted by molar-refractivity contribution is -0.139. The molecule has 0 amide bonds. The minimum absolute atomic E-state index is 0.0503. The van der Waals surface area contributed by atoms with Crippen molar-refractivity contribution in [2.45, 2.75) is 43.7 Å². The van der Waals surface area contributed by atoms with Crippen molar-refractivity contribution in [3.8, 4) is 0 Å². The van der Waals surface area contributed by atoms with E-state index in [0.29, 0.717) is 17.1 Å². The zero-order valence-corrected chi connectivity index (χ0v) is 14.3. The number of nitrogens with one attached hydrogen (secondary N) is 1. The van der Waals surface area contributed by atoms with Crippen LogP contribution in [-0.4, -0.2) is 55.3 Å². The van der Waals surface area contributed by atoms with E-state index in [0.717, 1.165) is 12.8 Å². The van der Waals surface area contributed by atoms with E-state index < -0.39 is 15.8 Å². The van der Waals surface area contributed by atoms with Crippen molar-refractivity contribution < 1.29 is 18.3 Å². The molecule has 128 valence electrons. The minimum Gasteiger partial charge on any atom is -0.480 e. The van der Waals surface area contributed by atoms with E-state index in [1.165, 1.54) is 0 Å². The van der Waals surface area contributed by atoms with Crippen LogP contribution in [0.5, 0.6) is 0 Å². The first-order valence-corrected chi connectivity index (χ1v) is 9.56. The molecule has 0 saturated heterocycles. The van der Waals surface area contributed by atoms with Crippen molar-refractivity contribution in [3.05, 3.63) is 24.3 Å². The highest BCUT2D eigenvalue weighted by molar-refractivity contribution is 7.91. The van der Waals surface area contributed by atoms with Gasteiger partial charge in [0.05, 0.1) is 22.9 Å². The number of likely N-dealkylation sites (N-methyl/N-ethyl adjacent to an activating group) is 1. The molecule has 0 radical (unpaired) electrons. The predicted molar refractivity (Wildman–Crippen MR) is 89.5 cm³/mol. The summed E-state index contributed by atoms with van der Waals surface area (Å²) in [5.74, 6) is -0.746. The topological polar surface area (TPSA) is 86.7 Å². The van der Waals surface area contributed by atoms with Gasteiger partial charge in [0.25, 0.3) is 0 Å². The number of carboxylic acid groups (broad SMARTS) is 1. The summed E-state index contributed by atoms with van der Waals surface area (Å²) < 4.78 is 24.3. The van der Waals surface area contributed by atoms with Crippen molar-refractivity contribution in [1.82, 2.24) is 4.90 Å². The number of para-hydroxylation sites is 1. The molecule has 0 unspecified atom stereocenters. The van der Waals surface area contributed by atoms with Gasteiger partial charge in [0.2, 0.25) is 0 Å². The average Bonchev–Trinajstić information content (AvgIpc) is 2.48. The number of benzene rings is 1. The monoisotopic (exact) mass is 340 g/mol. The maximum atomic E-state index is 12.1. The van der Waals surface area contributed by atoms with Crippen molar-refractivity contribution in [1.29, 1.82) is 0 Å². The summed E-state index contributed by atoms with van der Waals surface area (Å²) in [4.78, 5) is 13.1. The number of aliphatic carboxylic acids is 1. The molecule has 7 heteroatoms. The Labute approximate surface area is 137 Å². The molecule has 0 aromatic heterocycles. The van der Waals surface area contributed by atoms with Gasteiger partial charge in [-0.15, -0.1) is 0 Å². The van der Waals surface area contributed by atoms with Gasteiger partial charge in [-0.1, -0.05) is 26.0 Å². The number of hydrogen-bond acceptors (Lipinski definition) is 5. The van der Waals surface area contributed by atoms with Gasteiger partial charge < -0.3 is 10.4 Å². The molecule has 0 spiro atoms. The van der Waals surface area contributed by atoms with Crippen molar-refractivity contribution >= 4 is 21.5 Å². The summed E-state index contributed by atoms with van der Waals surface area (Å²) in [6.45, 7) is 4.34. The molecule has 0 aliphatic heterocycles.